The zero-order valence-corrected chi connectivity index (χ0v) is 32.5. The molecular formula is C42H56FN5O6. The summed E-state index contributed by atoms with van der Waals surface area (Å²) in [5.41, 5.74) is 2.90. The summed E-state index contributed by atoms with van der Waals surface area (Å²) < 4.78 is 21.5. The van der Waals surface area contributed by atoms with Gasteiger partial charge in [0.2, 0.25) is 5.91 Å². The van der Waals surface area contributed by atoms with Crippen LogP contribution in [0, 0.1) is 34.9 Å². The van der Waals surface area contributed by atoms with Crippen LogP contribution >= 0.6 is 0 Å². The van der Waals surface area contributed by atoms with Crippen LogP contribution in [0.2, 0.25) is 0 Å². The van der Waals surface area contributed by atoms with Gasteiger partial charge in [-0.3, -0.25) is 19.4 Å². The molecule has 3 saturated carbocycles. The predicted octanol–water partition coefficient (Wildman–Crippen LogP) is 4.46. The Bertz CT molecular complexity index is 1790. The van der Waals surface area contributed by atoms with Crippen molar-refractivity contribution in [3.8, 4) is 16.9 Å². The van der Waals surface area contributed by atoms with Gasteiger partial charge in [0.25, 0.3) is 5.91 Å². The third kappa shape index (κ3) is 8.18. The Hall–Kier alpha value is -3.94. The topological polar surface area (TPSA) is 136 Å². The Morgan fingerprint density at radius 1 is 1.15 bits per heavy atom. The number of methoxy groups -OCH3 is 1. The van der Waals surface area contributed by atoms with E-state index in [0.717, 1.165) is 12.1 Å². The number of aromatic nitrogens is 1. The average molecular weight is 746 g/mol. The number of nitrogens with one attached hydrogen (secondary N) is 2. The Labute approximate surface area is 318 Å². The maximum Gasteiger partial charge on any atom is 0.251 e. The molecule has 1 aliphatic heterocycles. The van der Waals surface area contributed by atoms with Gasteiger partial charge in [0.05, 0.1) is 26.4 Å². The highest BCUT2D eigenvalue weighted by atomic mass is 19.1. The molecule has 3 aromatic rings. The summed E-state index contributed by atoms with van der Waals surface area (Å²) >= 11 is 0. The van der Waals surface area contributed by atoms with E-state index < -0.39 is 36.6 Å². The van der Waals surface area contributed by atoms with Crippen molar-refractivity contribution in [2.75, 3.05) is 34.4 Å². The number of aliphatic hydroxyl groups excluding tert-OH is 2. The first-order valence-electron chi connectivity index (χ1n) is 19.1. The predicted molar refractivity (Wildman–Crippen MR) is 204 cm³/mol. The number of nitrogens with zero attached hydrogens (tertiary/aromatic N) is 3. The summed E-state index contributed by atoms with van der Waals surface area (Å²) in [6.07, 6.45) is 2.51. The van der Waals surface area contributed by atoms with Gasteiger partial charge in [-0.2, -0.15) is 5.06 Å². The number of halogens is 1. The van der Waals surface area contributed by atoms with E-state index in [0.29, 0.717) is 52.8 Å². The number of fused-ring (bicyclic) bond motifs is 2. The lowest BCUT2D eigenvalue weighted by Gasteiger charge is -2.62. The first-order valence-corrected chi connectivity index (χ1v) is 19.1. The molecule has 0 spiro atoms. The van der Waals surface area contributed by atoms with Crippen molar-refractivity contribution in [1.82, 2.24) is 25.6 Å². The van der Waals surface area contributed by atoms with E-state index in [4.69, 9.17) is 9.57 Å². The number of hydrogen-bond acceptors (Lipinski definition) is 9. The summed E-state index contributed by atoms with van der Waals surface area (Å²) in [4.78, 5) is 40.4. The van der Waals surface area contributed by atoms with Crippen molar-refractivity contribution in [3.63, 3.8) is 0 Å². The molecule has 54 heavy (non-hydrogen) atoms. The van der Waals surface area contributed by atoms with Crippen LogP contribution in [0.4, 0.5) is 4.39 Å². The third-order valence-corrected chi connectivity index (χ3v) is 12.3. The fraction of sp³-hybridized carbons (Fsp3) is 0.548. The molecule has 7 rings (SSSR count). The number of rotatable bonds is 14. The molecule has 2 heterocycles. The highest BCUT2D eigenvalue weighted by molar-refractivity contribution is 5.96. The number of carbonyl (C=O) groups excluding carboxylic acids is 2. The molecule has 11 nitrogen and oxygen atoms in total. The fourth-order valence-corrected chi connectivity index (χ4v) is 9.35. The van der Waals surface area contributed by atoms with Crippen LogP contribution in [-0.4, -0.2) is 102 Å². The molecule has 4 aliphatic rings. The maximum absolute atomic E-state index is 15.6. The minimum absolute atomic E-state index is 0.0214. The molecule has 3 aliphatic carbocycles. The molecule has 12 heteroatoms. The zero-order chi connectivity index (χ0) is 38.9. The lowest BCUT2D eigenvalue weighted by molar-refractivity contribution is -0.183. The van der Waals surface area contributed by atoms with Gasteiger partial charge >= 0.3 is 0 Å². The van der Waals surface area contributed by atoms with Crippen molar-refractivity contribution in [1.29, 1.82) is 0 Å². The van der Waals surface area contributed by atoms with Gasteiger partial charge in [-0.1, -0.05) is 39.0 Å². The zero-order valence-electron chi connectivity index (χ0n) is 32.5. The van der Waals surface area contributed by atoms with Gasteiger partial charge in [0.15, 0.2) is 0 Å². The number of likely N-dealkylation sites (N-methyl/N-ethyl adjacent to an activating group) is 1. The quantitative estimate of drug-likeness (QED) is 0.189. The SMILES string of the molecule is COc1c(CN2O[C@@H](CO)[C@@H]([C@H](C)O)[C@H]2C(=O)N[C@H]2C[C@@H]3C[C@H]([C@@H]2C)C3(C)C)cc(F)cc1-c1cccc(C(=O)N[C@@H](Cc2ccccn2)CN(C)C)c1. The van der Waals surface area contributed by atoms with Crippen LogP contribution in [-0.2, 0) is 22.6 Å². The summed E-state index contributed by atoms with van der Waals surface area (Å²) in [6.45, 7) is 8.52. The highest BCUT2D eigenvalue weighted by Gasteiger charge is 2.57. The Morgan fingerprint density at radius 3 is 2.56 bits per heavy atom. The number of amides is 2. The van der Waals surface area contributed by atoms with E-state index in [1.165, 1.54) is 30.7 Å². The number of aliphatic hydroxyl groups is 2. The van der Waals surface area contributed by atoms with Gasteiger partial charge in [0.1, 0.15) is 23.7 Å². The van der Waals surface area contributed by atoms with Crippen molar-refractivity contribution in [2.24, 2.45) is 29.1 Å². The molecule has 2 aromatic carbocycles. The largest absolute Gasteiger partial charge is 0.496 e. The van der Waals surface area contributed by atoms with Gasteiger partial charge in [-0.05, 0) is 99.0 Å². The van der Waals surface area contributed by atoms with Crippen LogP contribution in [0.3, 0.4) is 0 Å². The summed E-state index contributed by atoms with van der Waals surface area (Å²) in [7, 11) is 5.38. The van der Waals surface area contributed by atoms with Crippen LogP contribution in [0.5, 0.6) is 5.75 Å². The van der Waals surface area contributed by atoms with Crippen LogP contribution in [0.25, 0.3) is 11.1 Å². The van der Waals surface area contributed by atoms with E-state index >= 15 is 4.39 Å². The second-order valence-corrected chi connectivity index (χ2v) is 16.4. The second-order valence-electron chi connectivity index (χ2n) is 16.4. The Kier molecular flexibility index (Phi) is 12.1. The molecule has 2 bridgehead atoms. The van der Waals surface area contributed by atoms with E-state index in [9.17, 15) is 19.8 Å². The Balaban J connectivity index is 1.25. The normalized spacial score (nSPS) is 27.2. The molecule has 1 aromatic heterocycles. The van der Waals surface area contributed by atoms with Gasteiger partial charge < -0.3 is 30.5 Å². The van der Waals surface area contributed by atoms with E-state index in [1.54, 1.807) is 37.4 Å². The lowest BCUT2D eigenvalue weighted by Crippen LogP contribution is -2.62. The molecule has 0 radical (unpaired) electrons. The number of benzene rings is 2. The van der Waals surface area contributed by atoms with Crippen molar-refractivity contribution in [3.05, 3.63) is 83.4 Å². The number of pyridine rings is 1. The van der Waals surface area contributed by atoms with Crippen molar-refractivity contribution < 1.29 is 33.8 Å². The minimum atomic E-state index is -0.973. The van der Waals surface area contributed by atoms with Gasteiger partial charge in [-0.25, -0.2) is 4.39 Å². The fourth-order valence-electron chi connectivity index (χ4n) is 9.35. The first-order chi connectivity index (χ1) is 25.7. The molecule has 292 valence electrons. The van der Waals surface area contributed by atoms with E-state index in [2.05, 4.69) is 36.4 Å². The van der Waals surface area contributed by atoms with Crippen molar-refractivity contribution in [2.45, 2.75) is 83.8 Å². The molecular weight excluding hydrogens is 689 g/mol. The Morgan fingerprint density at radius 2 is 1.93 bits per heavy atom. The van der Waals surface area contributed by atoms with E-state index in [-0.39, 0.29) is 41.8 Å². The average Bonchev–Trinajstić information content (AvgIpc) is 3.50. The molecule has 9 atom stereocenters. The van der Waals surface area contributed by atoms with E-state index in [1.807, 2.05) is 37.2 Å². The number of hydrogen-bond donors (Lipinski definition) is 4. The molecule has 1 saturated heterocycles. The summed E-state index contributed by atoms with van der Waals surface area (Å²) in [5.74, 6) is -0.166. The second kappa shape index (κ2) is 16.4. The third-order valence-electron chi connectivity index (χ3n) is 12.3. The van der Waals surface area contributed by atoms with Crippen LogP contribution in [0.15, 0.2) is 60.8 Å². The lowest BCUT2D eigenvalue weighted by atomic mass is 9.45. The molecule has 4 N–H and O–H groups in total. The van der Waals surface area contributed by atoms with Gasteiger partial charge in [-0.15, -0.1) is 0 Å². The molecule has 4 fully saturated rings. The first kappa shape index (κ1) is 39.7. The highest BCUT2D eigenvalue weighted by Crippen LogP contribution is 2.61. The number of hydroxylamine groups is 2. The monoisotopic (exact) mass is 745 g/mol. The standard InChI is InChI=1S/C42H56FN5O6/c1-24-34-17-29(42(34,3)4)18-35(24)46-41(52)38-37(25(2)50)36(23-49)54-48(38)21-28-16-30(43)19-33(39(28)53-7)26-11-10-12-27(15-26)40(51)45-32(22-47(5)6)20-31-13-8-9-14-44-31/h8-16,19,24-25,29,32,34-38,49-50H,17-18,20-23H2,1-7H3,(H,45,51)(H,46,52)/t24-,25-,29-,32-,34+,35-,36-,37+,38-/m0/s1. The molecule has 0 unspecified atom stereocenters. The maximum atomic E-state index is 15.6. The minimum Gasteiger partial charge on any atom is -0.496 e. The summed E-state index contributed by atoms with van der Waals surface area (Å²) in [6, 6.07) is 14.2. The number of carbonyl (C=O) groups is 2. The smallest absolute Gasteiger partial charge is 0.251 e. The van der Waals surface area contributed by atoms with Crippen LogP contribution < -0.4 is 15.4 Å². The van der Waals surface area contributed by atoms with Gasteiger partial charge in [0, 0.05) is 59.5 Å². The number of ether oxygens (including phenoxy) is 1. The molecule has 2 amide bonds. The van der Waals surface area contributed by atoms with Crippen LogP contribution in [0.1, 0.15) is 62.2 Å². The van der Waals surface area contributed by atoms with Crippen molar-refractivity contribution >= 4 is 11.8 Å². The summed E-state index contributed by atoms with van der Waals surface area (Å²) in [5, 5.41) is 29.1.